The van der Waals surface area contributed by atoms with Gasteiger partial charge in [0.25, 0.3) is 0 Å². The molecule has 0 atom stereocenters. The predicted molar refractivity (Wildman–Crippen MR) is 87.9 cm³/mol. The highest BCUT2D eigenvalue weighted by Crippen LogP contribution is 2.37. The van der Waals surface area contributed by atoms with E-state index in [1.165, 1.54) is 24.3 Å². The Bertz CT molecular complexity index is 858. The van der Waals surface area contributed by atoms with Crippen molar-refractivity contribution in [3.63, 3.8) is 0 Å². The van der Waals surface area contributed by atoms with Gasteiger partial charge >= 0.3 is 5.97 Å². The normalized spacial score (nSPS) is 15.7. The molecule has 0 spiro atoms. The molecule has 126 valence electrons. The number of nitrogens with one attached hydrogen (secondary N) is 1. The van der Waals surface area contributed by atoms with Gasteiger partial charge in [0, 0.05) is 5.02 Å². The number of hydrogen-bond donors (Lipinski definition) is 2. The van der Waals surface area contributed by atoms with Crippen molar-refractivity contribution in [2.75, 3.05) is 0 Å². The van der Waals surface area contributed by atoms with Crippen LogP contribution in [0.5, 0.6) is 11.5 Å². The monoisotopic (exact) mass is 367 g/mol. The van der Waals surface area contributed by atoms with Gasteiger partial charge in [-0.15, -0.1) is 0 Å². The van der Waals surface area contributed by atoms with Crippen molar-refractivity contribution in [1.29, 1.82) is 0 Å². The fourth-order valence-electron chi connectivity index (χ4n) is 2.13. The van der Waals surface area contributed by atoms with Gasteiger partial charge in [0.1, 0.15) is 17.0 Å². The van der Waals surface area contributed by atoms with Crippen molar-refractivity contribution < 1.29 is 23.1 Å². The summed E-state index contributed by atoms with van der Waals surface area (Å²) in [6, 6.07) is 12.5. The van der Waals surface area contributed by atoms with E-state index in [1.54, 1.807) is 24.3 Å². The summed E-state index contributed by atoms with van der Waals surface area (Å²) >= 11 is 5.79. The van der Waals surface area contributed by atoms with Gasteiger partial charge in [-0.05, 0) is 61.4 Å². The molecule has 0 unspecified atom stereocenters. The number of benzene rings is 2. The fourth-order valence-corrected chi connectivity index (χ4v) is 3.67. The number of rotatable bonds is 6. The second-order valence-corrected chi connectivity index (χ2v) is 7.64. The summed E-state index contributed by atoms with van der Waals surface area (Å²) in [6.07, 6.45) is 0.582. The van der Waals surface area contributed by atoms with Crippen LogP contribution in [0.1, 0.15) is 12.8 Å². The fraction of sp³-hybridized carbons (Fsp3) is 0.188. The highest BCUT2D eigenvalue weighted by Gasteiger charge is 2.53. The summed E-state index contributed by atoms with van der Waals surface area (Å²) in [7, 11) is -3.90. The number of carboxylic acids is 1. The van der Waals surface area contributed by atoms with Crippen molar-refractivity contribution in [1.82, 2.24) is 4.72 Å². The van der Waals surface area contributed by atoms with Crippen LogP contribution in [0.3, 0.4) is 0 Å². The first-order valence-electron chi connectivity index (χ1n) is 7.12. The number of sulfonamides is 1. The van der Waals surface area contributed by atoms with Crippen LogP contribution in [-0.2, 0) is 14.8 Å². The van der Waals surface area contributed by atoms with Gasteiger partial charge in [0.05, 0.1) is 4.90 Å². The van der Waals surface area contributed by atoms with Crippen LogP contribution in [0.2, 0.25) is 5.02 Å². The third-order valence-corrected chi connectivity index (χ3v) is 5.48. The summed E-state index contributed by atoms with van der Waals surface area (Å²) in [5.74, 6) is -0.139. The van der Waals surface area contributed by atoms with Gasteiger partial charge in [0.15, 0.2) is 0 Å². The molecule has 0 saturated heterocycles. The van der Waals surface area contributed by atoms with Crippen LogP contribution < -0.4 is 9.46 Å². The Labute approximate surface area is 144 Å². The molecule has 24 heavy (non-hydrogen) atoms. The van der Waals surface area contributed by atoms with E-state index in [9.17, 15) is 13.2 Å². The number of halogens is 1. The molecule has 0 amide bonds. The topological polar surface area (TPSA) is 92.7 Å². The van der Waals surface area contributed by atoms with Crippen LogP contribution in [0.15, 0.2) is 53.4 Å². The minimum Gasteiger partial charge on any atom is -0.480 e. The van der Waals surface area contributed by atoms with Crippen LogP contribution in [-0.4, -0.2) is 25.0 Å². The first-order chi connectivity index (χ1) is 11.3. The van der Waals surface area contributed by atoms with Gasteiger partial charge in [-0.1, -0.05) is 11.6 Å². The van der Waals surface area contributed by atoms with E-state index in [0.29, 0.717) is 29.4 Å². The molecule has 1 aliphatic rings. The summed E-state index contributed by atoms with van der Waals surface area (Å²) in [4.78, 5) is 11.1. The molecule has 1 saturated carbocycles. The highest BCUT2D eigenvalue weighted by molar-refractivity contribution is 7.89. The lowest BCUT2D eigenvalue weighted by Crippen LogP contribution is -2.42. The van der Waals surface area contributed by atoms with E-state index in [2.05, 4.69) is 4.72 Å². The zero-order valence-corrected chi connectivity index (χ0v) is 14.0. The summed E-state index contributed by atoms with van der Waals surface area (Å²) in [5, 5.41) is 9.67. The first-order valence-corrected chi connectivity index (χ1v) is 8.98. The predicted octanol–water partition coefficient (Wildman–Crippen LogP) is 3.03. The molecule has 2 N–H and O–H groups in total. The second kappa shape index (κ2) is 6.08. The lowest BCUT2D eigenvalue weighted by atomic mass is 10.3. The Kier molecular flexibility index (Phi) is 4.25. The molecule has 2 aromatic rings. The van der Waals surface area contributed by atoms with E-state index in [-0.39, 0.29) is 4.90 Å². The maximum Gasteiger partial charge on any atom is 0.324 e. The number of carboxylic acid groups (broad SMARTS) is 1. The van der Waals surface area contributed by atoms with Crippen molar-refractivity contribution >= 4 is 27.6 Å². The number of hydrogen-bond acceptors (Lipinski definition) is 4. The lowest BCUT2D eigenvalue weighted by molar-refractivity contribution is -0.140. The largest absolute Gasteiger partial charge is 0.480 e. The zero-order valence-electron chi connectivity index (χ0n) is 12.4. The maximum atomic E-state index is 12.3. The Morgan fingerprint density at radius 1 is 1.04 bits per heavy atom. The molecule has 0 aliphatic heterocycles. The van der Waals surface area contributed by atoms with Crippen LogP contribution in [0.25, 0.3) is 0 Å². The molecule has 3 rings (SSSR count). The van der Waals surface area contributed by atoms with Crippen LogP contribution in [0, 0.1) is 0 Å². The molecule has 2 aromatic carbocycles. The second-order valence-electron chi connectivity index (χ2n) is 5.52. The third-order valence-electron chi connectivity index (χ3n) is 3.67. The van der Waals surface area contributed by atoms with Gasteiger partial charge in [-0.25, -0.2) is 8.42 Å². The number of aliphatic carboxylic acids is 1. The molecular formula is C16H14ClNO5S. The molecule has 8 heteroatoms. The average Bonchev–Trinajstić information content (AvgIpc) is 3.30. The number of ether oxygens (including phenoxy) is 1. The molecule has 1 aliphatic carbocycles. The minimum absolute atomic E-state index is 0.0153. The van der Waals surface area contributed by atoms with Crippen molar-refractivity contribution in [2.45, 2.75) is 23.3 Å². The summed E-state index contributed by atoms with van der Waals surface area (Å²) in [6.45, 7) is 0. The molecule has 0 radical (unpaired) electrons. The SMILES string of the molecule is O=C(O)C1(NS(=O)(=O)c2ccc(Oc3ccc(Cl)cc3)cc2)CC1. The van der Waals surface area contributed by atoms with Gasteiger partial charge in [0.2, 0.25) is 10.0 Å². The van der Waals surface area contributed by atoms with E-state index >= 15 is 0 Å². The third kappa shape index (κ3) is 3.53. The quantitative estimate of drug-likeness (QED) is 0.818. The van der Waals surface area contributed by atoms with Crippen LogP contribution >= 0.6 is 11.6 Å². The van der Waals surface area contributed by atoms with E-state index < -0.39 is 21.5 Å². The molecule has 0 bridgehead atoms. The maximum absolute atomic E-state index is 12.3. The Morgan fingerprint density at radius 3 is 2.00 bits per heavy atom. The number of carbonyl (C=O) groups is 1. The van der Waals surface area contributed by atoms with E-state index in [4.69, 9.17) is 21.4 Å². The van der Waals surface area contributed by atoms with E-state index in [1.807, 2.05) is 0 Å². The van der Waals surface area contributed by atoms with Crippen molar-refractivity contribution in [3.05, 3.63) is 53.6 Å². The van der Waals surface area contributed by atoms with Crippen molar-refractivity contribution in [3.8, 4) is 11.5 Å². The van der Waals surface area contributed by atoms with E-state index in [0.717, 1.165) is 0 Å². The highest BCUT2D eigenvalue weighted by atomic mass is 35.5. The first kappa shape index (κ1) is 16.8. The zero-order chi connectivity index (χ0) is 17.4. The summed E-state index contributed by atoms with van der Waals surface area (Å²) in [5.41, 5.74) is -1.36. The van der Waals surface area contributed by atoms with Crippen molar-refractivity contribution in [2.24, 2.45) is 0 Å². The lowest BCUT2D eigenvalue weighted by Gasteiger charge is -2.13. The smallest absolute Gasteiger partial charge is 0.324 e. The molecular weight excluding hydrogens is 354 g/mol. The van der Waals surface area contributed by atoms with Crippen LogP contribution in [0.4, 0.5) is 0 Å². The van der Waals surface area contributed by atoms with Gasteiger partial charge in [-0.3, -0.25) is 4.79 Å². The van der Waals surface area contributed by atoms with Gasteiger partial charge < -0.3 is 9.84 Å². The molecule has 0 aromatic heterocycles. The Balaban J connectivity index is 1.74. The summed E-state index contributed by atoms with van der Waals surface area (Å²) < 4.78 is 32.4. The molecule has 1 fully saturated rings. The Hall–Kier alpha value is -2.09. The standard InChI is InChI=1S/C16H14ClNO5S/c17-11-1-3-12(4-2-11)23-13-5-7-14(8-6-13)24(21,22)18-16(9-10-16)15(19)20/h1-8,18H,9-10H2,(H,19,20). The minimum atomic E-state index is -3.90. The average molecular weight is 368 g/mol. The Morgan fingerprint density at radius 2 is 1.54 bits per heavy atom. The van der Waals surface area contributed by atoms with Gasteiger partial charge in [-0.2, -0.15) is 4.72 Å². The molecule has 0 heterocycles. The molecule has 6 nitrogen and oxygen atoms in total.